The first-order chi connectivity index (χ1) is 7.76. The number of rotatable bonds is 5. The molecule has 90 valence electrons. The van der Waals surface area contributed by atoms with Crippen LogP contribution in [0.25, 0.3) is 0 Å². The molecule has 1 aliphatic rings. The Morgan fingerprint density at radius 1 is 1.50 bits per heavy atom. The third-order valence-electron chi connectivity index (χ3n) is 3.83. The Morgan fingerprint density at radius 3 is 2.81 bits per heavy atom. The Bertz CT molecular complexity index is 302. The lowest BCUT2D eigenvalue weighted by Crippen LogP contribution is -2.36. The molecule has 1 unspecified atom stereocenters. The van der Waals surface area contributed by atoms with Crippen molar-refractivity contribution in [3.05, 3.63) is 24.2 Å². The molecule has 1 atom stereocenters. The van der Waals surface area contributed by atoms with Crippen molar-refractivity contribution in [3.63, 3.8) is 0 Å². The largest absolute Gasteiger partial charge is 0.472 e. The van der Waals surface area contributed by atoms with Crippen molar-refractivity contribution in [2.75, 3.05) is 13.2 Å². The molecule has 2 N–H and O–H groups in total. The molecular weight excluding hydrogens is 202 g/mol. The van der Waals surface area contributed by atoms with Crippen LogP contribution < -0.4 is 5.32 Å². The first kappa shape index (κ1) is 11.7. The van der Waals surface area contributed by atoms with E-state index in [1.807, 2.05) is 6.07 Å². The van der Waals surface area contributed by atoms with Crippen LogP contribution in [-0.2, 0) is 0 Å². The lowest BCUT2D eigenvalue weighted by molar-refractivity contribution is 0.125. The minimum atomic E-state index is 0.123. The van der Waals surface area contributed by atoms with E-state index < -0.39 is 0 Å². The summed E-state index contributed by atoms with van der Waals surface area (Å²) < 4.78 is 5.07. The molecule has 3 heteroatoms. The van der Waals surface area contributed by atoms with Crippen molar-refractivity contribution in [2.45, 2.75) is 38.6 Å². The van der Waals surface area contributed by atoms with Gasteiger partial charge in [0.05, 0.1) is 12.5 Å². The molecule has 1 heterocycles. The standard InChI is InChI=1S/C13H21NO2/c1-11(12-4-7-16-8-12)14-9-13(10-15)5-2-3-6-13/h4,7-8,11,14-15H,2-3,5-6,9-10H2,1H3. The molecule has 0 amide bonds. The SMILES string of the molecule is CC(NCC1(CO)CCCC1)c1ccoc1. The van der Waals surface area contributed by atoms with Crippen molar-refractivity contribution < 1.29 is 9.52 Å². The Labute approximate surface area is 96.8 Å². The van der Waals surface area contributed by atoms with Crippen LogP contribution in [0.4, 0.5) is 0 Å². The molecule has 0 bridgehead atoms. The molecule has 0 spiro atoms. The zero-order valence-corrected chi connectivity index (χ0v) is 9.91. The molecular formula is C13H21NO2. The summed E-state index contributed by atoms with van der Waals surface area (Å²) in [7, 11) is 0. The minimum absolute atomic E-state index is 0.123. The molecule has 0 saturated heterocycles. The molecule has 1 aromatic heterocycles. The first-order valence-corrected chi connectivity index (χ1v) is 6.12. The Morgan fingerprint density at radius 2 is 2.25 bits per heavy atom. The zero-order chi connectivity index (χ0) is 11.4. The highest BCUT2D eigenvalue weighted by molar-refractivity contribution is 5.10. The smallest absolute Gasteiger partial charge is 0.0950 e. The molecule has 16 heavy (non-hydrogen) atoms. The fourth-order valence-electron chi connectivity index (χ4n) is 2.52. The maximum absolute atomic E-state index is 9.50. The number of nitrogens with one attached hydrogen (secondary N) is 1. The molecule has 0 radical (unpaired) electrons. The van der Waals surface area contributed by atoms with E-state index in [2.05, 4.69) is 12.2 Å². The van der Waals surface area contributed by atoms with Gasteiger partial charge in [-0.1, -0.05) is 12.8 Å². The van der Waals surface area contributed by atoms with Gasteiger partial charge in [-0.2, -0.15) is 0 Å². The molecule has 0 aromatic carbocycles. The summed E-state index contributed by atoms with van der Waals surface area (Å²) in [5.41, 5.74) is 1.30. The van der Waals surface area contributed by atoms with Gasteiger partial charge in [0, 0.05) is 30.2 Å². The van der Waals surface area contributed by atoms with Crippen molar-refractivity contribution >= 4 is 0 Å². The van der Waals surface area contributed by atoms with Crippen molar-refractivity contribution in [1.29, 1.82) is 0 Å². The number of aliphatic hydroxyl groups is 1. The van der Waals surface area contributed by atoms with Crippen LogP contribution in [0.2, 0.25) is 0 Å². The van der Waals surface area contributed by atoms with E-state index in [0.29, 0.717) is 12.6 Å². The summed E-state index contributed by atoms with van der Waals surface area (Å²) in [6, 6.07) is 2.28. The second kappa shape index (κ2) is 5.02. The number of furan rings is 1. The van der Waals surface area contributed by atoms with E-state index in [0.717, 1.165) is 19.4 Å². The number of hydrogen-bond donors (Lipinski definition) is 2. The van der Waals surface area contributed by atoms with Gasteiger partial charge in [0.2, 0.25) is 0 Å². The van der Waals surface area contributed by atoms with Crippen molar-refractivity contribution in [2.24, 2.45) is 5.41 Å². The quantitative estimate of drug-likeness (QED) is 0.806. The number of aliphatic hydroxyl groups excluding tert-OH is 1. The Kier molecular flexibility index (Phi) is 3.66. The molecule has 0 aliphatic heterocycles. The maximum atomic E-state index is 9.50. The highest BCUT2D eigenvalue weighted by Gasteiger charge is 2.33. The molecule has 1 saturated carbocycles. The predicted molar refractivity (Wildman–Crippen MR) is 63.1 cm³/mol. The van der Waals surface area contributed by atoms with E-state index in [9.17, 15) is 5.11 Å². The van der Waals surface area contributed by atoms with Crippen LogP contribution >= 0.6 is 0 Å². The van der Waals surface area contributed by atoms with Crippen LogP contribution in [0.3, 0.4) is 0 Å². The normalized spacial score (nSPS) is 21.1. The van der Waals surface area contributed by atoms with E-state index in [1.165, 1.54) is 18.4 Å². The Balaban J connectivity index is 1.86. The van der Waals surface area contributed by atoms with Crippen LogP contribution in [0.1, 0.15) is 44.2 Å². The summed E-state index contributed by atoms with van der Waals surface area (Å²) in [6.07, 6.45) is 8.27. The lowest BCUT2D eigenvalue weighted by atomic mass is 9.87. The van der Waals surface area contributed by atoms with Crippen LogP contribution in [-0.4, -0.2) is 18.3 Å². The van der Waals surface area contributed by atoms with Gasteiger partial charge in [-0.3, -0.25) is 0 Å². The van der Waals surface area contributed by atoms with Gasteiger partial charge in [-0.25, -0.2) is 0 Å². The average molecular weight is 223 g/mol. The summed E-state index contributed by atoms with van der Waals surface area (Å²) in [6.45, 7) is 3.33. The van der Waals surface area contributed by atoms with Gasteiger partial charge in [0.15, 0.2) is 0 Å². The topological polar surface area (TPSA) is 45.4 Å². The summed E-state index contributed by atoms with van der Waals surface area (Å²) in [5.74, 6) is 0. The van der Waals surface area contributed by atoms with Gasteiger partial charge >= 0.3 is 0 Å². The third kappa shape index (κ3) is 2.47. The van der Waals surface area contributed by atoms with Crippen molar-refractivity contribution in [3.8, 4) is 0 Å². The zero-order valence-electron chi connectivity index (χ0n) is 9.91. The van der Waals surface area contributed by atoms with Crippen LogP contribution in [0, 0.1) is 5.41 Å². The summed E-state index contributed by atoms with van der Waals surface area (Å²) >= 11 is 0. The first-order valence-electron chi connectivity index (χ1n) is 6.12. The minimum Gasteiger partial charge on any atom is -0.472 e. The summed E-state index contributed by atoms with van der Waals surface area (Å²) in [4.78, 5) is 0. The maximum Gasteiger partial charge on any atom is 0.0950 e. The lowest BCUT2D eigenvalue weighted by Gasteiger charge is -2.28. The van der Waals surface area contributed by atoms with E-state index in [-0.39, 0.29) is 5.41 Å². The summed E-state index contributed by atoms with van der Waals surface area (Å²) in [5, 5.41) is 13.0. The highest BCUT2D eigenvalue weighted by atomic mass is 16.3. The van der Waals surface area contributed by atoms with E-state index in [4.69, 9.17) is 4.42 Å². The van der Waals surface area contributed by atoms with Gasteiger partial charge < -0.3 is 14.8 Å². The highest BCUT2D eigenvalue weighted by Crippen LogP contribution is 2.37. The average Bonchev–Trinajstić information content (AvgIpc) is 2.98. The van der Waals surface area contributed by atoms with Gasteiger partial charge in [-0.05, 0) is 25.8 Å². The van der Waals surface area contributed by atoms with Crippen LogP contribution in [0.15, 0.2) is 23.0 Å². The third-order valence-corrected chi connectivity index (χ3v) is 3.83. The molecule has 3 nitrogen and oxygen atoms in total. The van der Waals surface area contributed by atoms with E-state index >= 15 is 0 Å². The molecule has 1 fully saturated rings. The molecule has 1 aromatic rings. The van der Waals surface area contributed by atoms with E-state index in [1.54, 1.807) is 12.5 Å². The number of hydrogen-bond acceptors (Lipinski definition) is 3. The fraction of sp³-hybridized carbons (Fsp3) is 0.692. The second-order valence-corrected chi connectivity index (χ2v) is 5.02. The molecule has 2 rings (SSSR count). The fourth-order valence-corrected chi connectivity index (χ4v) is 2.52. The monoisotopic (exact) mass is 223 g/mol. The van der Waals surface area contributed by atoms with Gasteiger partial charge in [-0.15, -0.1) is 0 Å². The van der Waals surface area contributed by atoms with Crippen molar-refractivity contribution in [1.82, 2.24) is 5.32 Å². The van der Waals surface area contributed by atoms with Gasteiger partial charge in [0.1, 0.15) is 0 Å². The predicted octanol–water partition coefficient (Wildman–Crippen LogP) is 2.48. The van der Waals surface area contributed by atoms with Crippen LogP contribution in [0.5, 0.6) is 0 Å². The van der Waals surface area contributed by atoms with Gasteiger partial charge in [0.25, 0.3) is 0 Å². The molecule has 1 aliphatic carbocycles. The second-order valence-electron chi connectivity index (χ2n) is 5.02. The Hall–Kier alpha value is -0.800.